The van der Waals surface area contributed by atoms with E-state index in [1.807, 2.05) is 4.68 Å². The Hall–Kier alpha value is -0.580. The summed E-state index contributed by atoms with van der Waals surface area (Å²) in [7, 11) is 0. The Kier molecular flexibility index (Phi) is 4.54. The molecule has 5 heteroatoms. The van der Waals surface area contributed by atoms with E-state index in [0.717, 1.165) is 48.6 Å². The van der Waals surface area contributed by atoms with Crippen LogP contribution in [0.5, 0.6) is 0 Å². The number of aliphatic hydroxyl groups is 1. The molecule has 1 fully saturated rings. The van der Waals surface area contributed by atoms with Crippen LogP contribution >= 0.6 is 11.6 Å². The molecule has 1 aromatic heterocycles. The SMILES string of the molecule is CCc1nn(CC)c(CC(CN)(CO)C2CC2)c1Cl. The first-order chi connectivity index (χ1) is 9.11. The Morgan fingerprint density at radius 1 is 1.47 bits per heavy atom. The zero-order valence-corrected chi connectivity index (χ0v) is 12.6. The Morgan fingerprint density at radius 3 is 2.58 bits per heavy atom. The molecule has 108 valence electrons. The van der Waals surface area contributed by atoms with Crippen LogP contribution < -0.4 is 5.73 Å². The number of hydrogen-bond acceptors (Lipinski definition) is 3. The molecule has 1 aliphatic rings. The molecule has 1 aliphatic carbocycles. The number of aliphatic hydroxyl groups excluding tert-OH is 1. The molecule has 1 saturated carbocycles. The highest BCUT2D eigenvalue weighted by atomic mass is 35.5. The van der Waals surface area contributed by atoms with E-state index in [-0.39, 0.29) is 12.0 Å². The fraction of sp³-hybridized carbons (Fsp3) is 0.786. The van der Waals surface area contributed by atoms with E-state index in [0.29, 0.717) is 12.5 Å². The Labute approximate surface area is 119 Å². The van der Waals surface area contributed by atoms with Gasteiger partial charge in [-0.2, -0.15) is 5.10 Å². The van der Waals surface area contributed by atoms with Gasteiger partial charge in [0, 0.05) is 24.9 Å². The fourth-order valence-corrected chi connectivity index (χ4v) is 3.18. The van der Waals surface area contributed by atoms with Crippen LogP contribution in [0, 0.1) is 11.3 Å². The van der Waals surface area contributed by atoms with Crippen LogP contribution in [0.3, 0.4) is 0 Å². The molecule has 2 rings (SSSR count). The van der Waals surface area contributed by atoms with Crippen molar-refractivity contribution in [1.82, 2.24) is 9.78 Å². The van der Waals surface area contributed by atoms with E-state index >= 15 is 0 Å². The average molecular weight is 286 g/mol. The van der Waals surface area contributed by atoms with Crippen molar-refractivity contribution in [3.63, 3.8) is 0 Å². The number of aryl methyl sites for hydroxylation is 2. The van der Waals surface area contributed by atoms with Crippen molar-refractivity contribution < 1.29 is 5.11 Å². The first kappa shape index (κ1) is 14.8. The maximum absolute atomic E-state index is 9.81. The molecule has 0 amide bonds. The molecule has 0 spiro atoms. The zero-order valence-electron chi connectivity index (χ0n) is 11.8. The van der Waals surface area contributed by atoms with E-state index in [1.165, 1.54) is 0 Å². The van der Waals surface area contributed by atoms with Crippen molar-refractivity contribution in [3.05, 3.63) is 16.4 Å². The van der Waals surface area contributed by atoms with Gasteiger partial charge in [0.2, 0.25) is 0 Å². The van der Waals surface area contributed by atoms with Gasteiger partial charge in [0.15, 0.2) is 0 Å². The number of rotatable bonds is 7. The number of hydrogen-bond donors (Lipinski definition) is 2. The Morgan fingerprint density at radius 2 is 2.16 bits per heavy atom. The minimum Gasteiger partial charge on any atom is -0.396 e. The summed E-state index contributed by atoms with van der Waals surface area (Å²) >= 11 is 6.45. The third-order valence-corrected chi connectivity index (χ3v) is 4.81. The summed E-state index contributed by atoms with van der Waals surface area (Å²) in [6, 6.07) is 0. The van der Waals surface area contributed by atoms with Gasteiger partial charge in [-0.05, 0) is 32.1 Å². The third kappa shape index (κ3) is 2.67. The minimum absolute atomic E-state index is 0.126. The van der Waals surface area contributed by atoms with Gasteiger partial charge in [-0.15, -0.1) is 0 Å². The summed E-state index contributed by atoms with van der Waals surface area (Å²) in [6.45, 7) is 5.54. The molecule has 1 unspecified atom stereocenters. The molecule has 3 N–H and O–H groups in total. The highest BCUT2D eigenvalue weighted by Gasteiger charge is 2.44. The molecule has 1 aromatic rings. The van der Waals surface area contributed by atoms with Gasteiger partial charge in [0.25, 0.3) is 0 Å². The quantitative estimate of drug-likeness (QED) is 0.805. The first-order valence-electron chi connectivity index (χ1n) is 7.16. The second-order valence-corrected chi connectivity index (χ2v) is 5.93. The molecule has 1 atom stereocenters. The van der Waals surface area contributed by atoms with E-state index < -0.39 is 0 Å². The number of aromatic nitrogens is 2. The number of nitrogens with two attached hydrogens (primary N) is 1. The van der Waals surface area contributed by atoms with Crippen LogP contribution in [0.1, 0.15) is 38.1 Å². The van der Waals surface area contributed by atoms with Crippen molar-refractivity contribution in [3.8, 4) is 0 Å². The summed E-state index contributed by atoms with van der Waals surface area (Å²) < 4.78 is 1.96. The molecule has 1 heterocycles. The van der Waals surface area contributed by atoms with Crippen molar-refractivity contribution in [2.45, 2.75) is 46.1 Å². The van der Waals surface area contributed by atoms with Crippen molar-refractivity contribution in [2.24, 2.45) is 17.1 Å². The number of nitrogens with zero attached hydrogens (tertiary/aromatic N) is 2. The second kappa shape index (κ2) is 5.81. The average Bonchev–Trinajstić information content (AvgIpc) is 3.24. The normalized spacial score (nSPS) is 18.6. The van der Waals surface area contributed by atoms with Crippen LogP contribution in [0.15, 0.2) is 0 Å². The van der Waals surface area contributed by atoms with E-state index in [9.17, 15) is 5.11 Å². The van der Waals surface area contributed by atoms with Crippen LogP contribution in [-0.2, 0) is 19.4 Å². The molecule has 0 aromatic carbocycles. The summed E-state index contributed by atoms with van der Waals surface area (Å²) in [5.74, 6) is 0.531. The largest absolute Gasteiger partial charge is 0.396 e. The lowest BCUT2D eigenvalue weighted by Gasteiger charge is -2.31. The molecule has 0 bridgehead atoms. The maximum Gasteiger partial charge on any atom is 0.0850 e. The van der Waals surface area contributed by atoms with Gasteiger partial charge in [-0.1, -0.05) is 18.5 Å². The highest BCUT2D eigenvalue weighted by molar-refractivity contribution is 6.31. The first-order valence-corrected chi connectivity index (χ1v) is 7.54. The summed E-state index contributed by atoms with van der Waals surface area (Å²) in [6.07, 6.45) is 3.88. The van der Waals surface area contributed by atoms with Crippen molar-refractivity contribution >= 4 is 11.6 Å². The van der Waals surface area contributed by atoms with Gasteiger partial charge in [-0.25, -0.2) is 0 Å². The number of halogens is 1. The summed E-state index contributed by atoms with van der Waals surface area (Å²) in [5.41, 5.74) is 7.71. The summed E-state index contributed by atoms with van der Waals surface area (Å²) in [4.78, 5) is 0. The maximum atomic E-state index is 9.81. The predicted octanol–water partition coefficient (Wildman–Crippen LogP) is 2.01. The fourth-order valence-electron chi connectivity index (χ4n) is 2.85. The summed E-state index contributed by atoms with van der Waals surface area (Å²) in [5, 5.41) is 15.1. The van der Waals surface area contributed by atoms with Gasteiger partial charge in [0.1, 0.15) is 0 Å². The minimum atomic E-state index is -0.221. The van der Waals surface area contributed by atoms with Crippen LogP contribution in [-0.4, -0.2) is 28.0 Å². The predicted molar refractivity (Wildman–Crippen MR) is 77.3 cm³/mol. The molecule has 4 nitrogen and oxygen atoms in total. The van der Waals surface area contributed by atoms with Gasteiger partial charge >= 0.3 is 0 Å². The van der Waals surface area contributed by atoms with Crippen molar-refractivity contribution in [1.29, 1.82) is 0 Å². The topological polar surface area (TPSA) is 64.1 Å². The molecule has 0 aliphatic heterocycles. The van der Waals surface area contributed by atoms with E-state index in [2.05, 4.69) is 18.9 Å². The van der Waals surface area contributed by atoms with Gasteiger partial charge < -0.3 is 10.8 Å². The molecule has 0 radical (unpaired) electrons. The van der Waals surface area contributed by atoms with Crippen LogP contribution in [0.2, 0.25) is 5.02 Å². The lowest BCUT2D eigenvalue weighted by molar-refractivity contribution is 0.106. The molecule has 0 saturated heterocycles. The lowest BCUT2D eigenvalue weighted by atomic mass is 9.79. The monoisotopic (exact) mass is 285 g/mol. The van der Waals surface area contributed by atoms with Gasteiger partial charge in [0.05, 0.1) is 23.0 Å². The molecular weight excluding hydrogens is 262 g/mol. The Balaban J connectivity index is 2.33. The highest BCUT2D eigenvalue weighted by Crippen LogP contribution is 2.47. The third-order valence-electron chi connectivity index (χ3n) is 4.38. The van der Waals surface area contributed by atoms with Crippen LogP contribution in [0.4, 0.5) is 0 Å². The zero-order chi connectivity index (χ0) is 14.0. The Bertz CT molecular complexity index is 436. The van der Waals surface area contributed by atoms with Gasteiger partial charge in [-0.3, -0.25) is 4.68 Å². The standard InChI is InChI=1S/C14H24ClN3O/c1-3-11-13(15)12(18(4-2)17-11)7-14(8-16,9-19)10-5-6-10/h10,19H,3-9,16H2,1-2H3. The van der Waals surface area contributed by atoms with Crippen molar-refractivity contribution in [2.75, 3.05) is 13.2 Å². The smallest absolute Gasteiger partial charge is 0.0850 e. The molecule has 19 heavy (non-hydrogen) atoms. The second-order valence-electron chi connectivity index (χ2n) is 5.55. The van der Waals surface area contributed by atoms with E-state index in [4.69, 9.17) is 17.3 Å². The molecular formula is C14H24ClN3O. The van der Waals surface area contributed by atoms with Crippen LogP contribution in [0.25, 0.3) is 0 Å². The lowest BCUT2D eigenvalue weighted by Crippen LogP contribution is -2.39. The van der Waals surface area contributed by atoms with E-state index in [1.54, 1.807) is 0 Å².